The summed E-state index contributed by atoms with van der Waals surface area (Å²) in [7, 11) is 0. The number of halogens is 1. The van der Waals surface area contributed by atoms with Crippen molar-refractivity contribution in [2.75, 3.05) is 6.54 Å². The van der Waals surface area contributed by atoms with Crippen molar-refractivity contribution in [3.63, 3.8) is 0 Å². The van der Waals surface area contributed by atoms with Gasteiger partial charge in [-0.15, -0.1) is 12.4 Å². The molecule has 0 spiro atoms. The molecule has 18 heavy (non-hydrogen) atoms. The van der Waals surface area contributed by atoms with Gasteiger partial charge in [0.2, 0.25) is 0 Å². The number of ether oxygens (including phenoxy) is 1. The lowest BCUT2D eigenvalue weighted by Gasteiger charge is -2.09. The SMILES string of the molecule is Cl.NCC1OCc2c(-c3ccncc3)cccc21. The summed E-state index contributed by atoms with van der Waals surface area (Å²) in [5.41, 5.74) is 10.6. The fourth-order valence-electron chi connectivity index (χ4n) is 2.34. The molecule has 3 rings (SSSR count). The van der Waals surface area contributed by atoms with Crippen LogP contribution in [0.2, 0.25) is 0 Å². The van der Waals surface area contributed by atoms with Crippen molar-refractivity contribution in [1.29, 1.82) is 0 Å². The Hall–Kier alpha value is -1.42. The lowest BCUT2D eigenvalue weighted by atomic mass is 9.96. The number of hydrogen-bond donors (Lipinski definition) is 1. The zero-order valence-electron chi connectivity index (χ0n) is 9.87. The van der Waals surface area contributed by atoms with Crippen LogP contribution in [0.25, 0.3) is 11.1 Å². The highest BCUT2D eigenvalue weighted by molar-refractivity contribution is 5.85. The molecule has 0 saturated heterocycles. The van der Waals surface area contributed by atoms with Crippen molar-refractivity contribution in [1.82, 2.24) is 4.98 Å². The number of pyridine rings is 1. The van der Waals surface area contributed by atoms with Gasteiger partial charge in [0.15, 0.2) is 0 Å². The molecule has 0 saturated carbocycles. The van der Waals surface area contributed by atoms with Crippen LogP contribution in [0.3, 0.4) is 0 Å². The van der Waals surface area contributed by atoms with Gasteiger partial charge >= 0.3 is 0 Å². The number of fused-ring (bicyclic) bond motifs is 1. The summed E-state index contributed by atoms with van der Waals surface area (Å²) in [6.07, 6.45) is 3.67. The van der Waals surface area contributed by atoms with E-state index in [2.05, 4.69) is 23.2 Å². The van der Waals surface area contributed by atoms with Crippen LogP contribution in [0.5, 0.6) is 0 Å². The minimum Gasteiger partial charge on any atom is -0.367 e. The van der Waals surface area contributed by atoms with Crippen LogP contribution in [0.15, 0.2) is 42.7 Å². The number of benzene rings is 1. The molecule has 2 N–H and O–H groups in total. The number of nitrogens with two attached hydrogens (primary N) is 1. The molecule has 0 aliphatic carbocycles. The van der Waals surface area contributed by atoms with Crippen LogP contribution < -0.4 is 5.73 Å². The van der Waals surface area contributed by atoms with Crippen LogP contribution in [-0.4, -0.2) is 11.5 Å². The third-order valence-corrected chi connectivity index (χ3v) is 3.19. The summed E-state index contributed by atoms with van der Waals surface area (Å²) >= 11 is 0. The molecule has 2 aromatic rings. The van der Waals surface area contributed by atoms with Gasteiger partial charge in [-0.2, -0.15) is 0 Å². The van der Waals surface area contributed by atoms with Crippen LogP contribution in [-0.2, 0) is 11.3 Å². The monoisotopic (exact) mass is 262 g/mol. The van der Waals surface area contributed by atoms with Gasteiger partial charge in [-0.05, 0) is 34.4 Å². The molecule has 3 nitrogen and oxygen atoms in total. The lowest BCUT2D eigenvalue weighted by Crippen LogP contribution is -2.10. The quantitative estimate of drug-likeness (QED) is 0.905. The number of hydrogen-bond acceptors (Lipinski definition) is 3. The summed E-state index contributed by atoms with van der Waals surface area (Å²) in [5, 5.41) is 0. The molecule has 4 heteroatoms. The average molecular weight is 263 g/mol. The third-order valence-electron chi connectivity index (χ3n) is 3.19. The number of nitrogens with zero attached hydrogens (tertiary/aromatic N) is 1. The van der Waals surface area contributed by atoms with E-state index in [4.69, 9.17) is 10.5 Å². The normalized spacial score (nSPS) is 17.1. The Labute approximate surface area is 112 Å². The van der Waals surface area contributed by atoms with E-state index in [0.29, 0.717) is 13.2 Å². The predicted molar refractivity (Wildman–Crippen MR) is 73.5 cm³/mol. The molecule has 94 valence electrons. The third kappa shape index (κ3) is 2.12. The zero-order chi connectivity index (χ0) is 11.7. The highest BCUT2D eigenvalue weighted by atomic mass is 35.5. The summed E-state index contributed by atoms with van der Waals surface area (Å²) in [4.78, 5) is 4.04. The maximum atomic E-state index is 5.70. The Morgan fingerprint density at radius 1 is 1.22 bits per heavy atom. The molecule has 1 unspecified atom stereocenters. The second kappa shape index (κ2) is 5.48. The highest BCUT2D eigenvalue weighted by Crippen LogP contribution is 2.36. The van der Waals surface area contributed by atoms with Crippen LogP contribution in [0.1, 0.15) is 17.2 Å². The molecule has 1 aromatic heterocycles. The fourth-order valence-corrected chi connectivity index (χ4v) is 2.34. The summed E-state index contributed by atoms with van der Waals surface area (Å²) in [6.45, 7) is 1.18. The fraction of sp³-hybridized carbons (Fsp3) is 0.214. The van der Waals surface area contributed by atoms with Crippen LogP contribution >= 0.6 is 12.4 Å². The first kappa shape index (κ1) is 13.0. The standard InChI is InChI=1S/C14H14N2O.ClH/c15-8-14-12-3-1-2-11(13(12)9-17-14)10-4-6-16-7-5-10;/h1-7,14H,8-9,15H2;1H. The number of aromatic nitrogens is 1. The first-order valence-electron chi connectivity index (χ1n) is 5.74. The molecule has 0 bridgehead atoms. The lowest BCUT2D eigenvalue weighted by molar-refractivity contribution is 0.0725. The van der Waals surface area contributed by atoms with Gasteiger partial charge < -0.3 is 10.5 Å². The topological polar surface area (TPSA) is 48.1 Å². The van der Waals surface area contributed by atoms with Gasteiger partial charge in [0, 0.05) is 18.9 Å². The molecule has 0 amide bonds. The zero-order valence-corrected chi connectivity index (χ0v) is 10.7. The summed E-state index contributed by atoms with van der Waals surface area (Å²) in [6, 6.07) is 10.3. The molecule has 0 radical (unpaired) electrons. The largest absolute Gasteiger partial charge is 0.367 e. The van der Waals surface area contributed by atoms with E-state index in [0.717, 1.165) is 0 Å². The molecule has 1 aromatic carbocycles. The molecule has 0 fully saturated rings. The average Bonchev–Trinajstić information content (AvgIpc) is 2.82. The van der Waals surface area contributed by atoms with E-state index in [1.54, 1.807) is 0 Å². The molecular weight excluding hydrogens is 248 g/mol. The summed E-state index contributed by atoms with van der Waals surface area (Å²) in [5.74, 6) is 0. The van der Waals surface area contributed by atoms with E-state index in [9.17, 15) is 0 Å². The summed E-state index contributed by atoms with van der Waals surface area (Å²) < 4.78 is 5.69. The van der Waals surface area contributed by atoms with E-state index < -0.39 is 0 Å². The predicted octanol–water partition coefficient (Wildman–Crippen LogP) is 2.70. The van der Waals surface area contributed by atoms with Gasteiger partial charge in [-0.3, -0.25) is 4.98 Å². The van der Waals surface area contributed by atoms with Gasteiger partial charge in [0.05, 0.1) is 12.7 Å². The van der Waals surface area contributed by atoms with Crippen LogP contribution in [0.4, 0.5) is 0 Å². The molecule has 2 heterocycles. The van der Waals surface area contributed by atoms with Gasteiger partial charge in [-0.25, -0.2) is 0 Å². The second-order valence-electron chi connectivity index (χ2n) is 4.14. The van der Waals surface area contributed by atoms with Crippen molar-refractivity contribution >= 4 is 12.4 Å². The van der Waals surface area contributed by atoms with E-state index in [1.807, 2.05) is 24.5 Å². The Morgan fingerprint density at radius 2 is 2.00 bits per heavy atom. The second-order valence-corrected chi connectivity index (χ2v) is 4.14. The van der Waals surface area contributed by atoms with Crippen molar-refractivity contribution in [2.24, 2.45) is 5.73 Å². The van der Waals surface area contributed by atoms with Gasteiger partial charge in [0.1, 0.15) is 0 Å². The van der Waals surface area contributed by atoms with Crippen LogP contribution in [0, 0.1) is 0 Å². The van der Waals surface area contributed by atoms with Gasteiger partial charge in [0.25, 0.3) is 0 Å². The first-order valence-corrected chi connectivity index (χ1v) is 5.74. The molecular formula is C14H15ClN2O. The van der Waals surface area contributed by atoms with E-state index in [1.165, 1.54) is 22.3 Å². The van der Waals surface area contributed by atoms with Gasteiger partial charge in [-0.1, -0.05) is 18.2 Å². The number of rotatable bonds is 2. The molecule has 1 aliphatic heterocycles. The Balaban J connectivity index is 0.00000120. The minimum absolute atomic E-state index is 0. The van der Waals surface area contributed by atoms with E-state index in [-0.39, 0.29) is 18.5 Å². The Bertz CT molecular complexity index is 531. The maximum Gasteiger partial charge on any atom is 0.0955 e. The maximum absolute atomic E-state index is 5.70. The Morgan fingerprint density at radius 3 is 2.72 bits per heavy atom. The van der Waals surface area contributed by atoms with Crippen molar-refractivity contribution in [3.05, 3.63) is 53.9 Å². The van der Waals surface area contributed by atoms with Crippen molar-refractivity contribution < 1.29 is 4.74 Å². The van der Waals surface area contributed by atoms with Crippen molar-refractivity contribution in [2.45, 2.75) is 12.7 Å². The van der Waals surface area contributed by atoms with Crippen molar-refractivity contribution in [3.8, 4) is 11.1 Å². The molecule has 1 aliphatic rings. The Kier molecular flexibility index (Phi) is 3.97. The first-order chi connectivity index (χ1) is 8.40. The minimum atomic E-state index is 0. The highest BCUT2D eigenvalue weighted by Gasteiger charge is 2.24. The van der Waals surface area contributed by atoms with E-state index >= 15 is 0 Å². The smallest absolute Gasteiger partial charge is 0.0955 e. The molecule has 1 atom stereocenters.